The number of hydrogen-bond donors (Lipinski definition) is 0. The molecular weight excluding hydrogens is 230 g/mol. The predicted molar refractivity (Wildman–Crippen MR) is 73.9 cm³/mol. The molecule has 0 saturated heterocycles. The zero-order chi connectivity index (χ0) is 12.6. The zero-order valence-electron chi connectivity index (χ0n) is 11.0. The summed E-state index contributed by atoms with van der Waals surface area (Å²) in [6.45, 7) is 13.8. The molecule has 1 aromatic rings. The van der Waals surface area contributed by atoms with Crippen molar-refractivity contribution in [3.63, 3.8) is 0 Å². The highest BCUT2D eigenvalue weighted by Gasteiger charge is 2.40. The first kappa shape index (κ1) is 13.5. The van der Waals surface area contributed by atoms with E-state index in [1.54, 1.807) is 11.3 Å². The van der Waals surface area contributed by atoms with Gasteiger partial charge in [-0.2, -0.15) is 16.6 Å². The minimum Gasteiger partial charge on any atom is -0.192 e. The molecule has 1 aromatic heterocycles. The summed E-state index contributed by atoms with van der Waals surface area (Å²) < 4.78 is 1.34. The average molecular weight is 250 g/mol. The summed E-state index contributed by atoms with van der Waals surface area (Å²) in [7, 11) is -0.756. The molecule has 1 rings (SSSR count). The van der Waals surface area contributed by atoms with Gasteiger partial charge in [0.05, 0.1) is 11.6 Å². The summed E-state index contributed by atoms with van der Waals surface area (Å²) in [5.74, 6) is 0. The molecule has 0 unspecified atom stereocenters. The lowest BCUT2D eigenvalue weighted by atomic mass is 10.2. The summed E-state index contributed by atoms with van der Waals surface area (Å²) in [5.41, 5.74) is 0.892. The molecule has 0 spiro atoms. The van der Waals surface area contributed by atoms with Crippen molar-refractivity contribution in [2.24, 2.45) is 0 Å². The van der Waals surface area contributed by atoms with Crippen LogP contribution in [-0.4, -0.2) is 8.80 Å². The van der Waals surface area contributed by atoms with Crippen LogP contribution in [0.3, 0.4) is 0 Å². The Morgan fingerprint density at radius 3 is 2.00 bits per heavy atom. The maximum absolute atomic E-state index is 9.16. The Hall–Kier alpha value is -0.593. The molecule has 0 fully saturated rings. The van der Waals surface area contributed by atoms with Crippen LogP contribution in [0.1, 0.15) is 47.1 Å². The fraction of sp³-hybridized carbons (Fsp3) is 0.615. The van der Waals surface area contributed by atoms with Crippen LogP contribution in [0.2, 0.25) is 10.1 Å². The Labute approximate surface area is 105 Å². The Balaban J connectivity index is 3.30. The molecule has 0 bridgehead atoms. The zero-order valence-corrected chi connectivity index (χ0v) is 12.8. The molecule has 0 saturated carbocycles. The molecule has 0 aliphatic heterocycles. The fourth-order valence-electron chi connectivity index (χ4n) is 2.40. The van der Waals surface area contributed by atoms with Gasteiger partial charge in [0.25, 0.3) is 0 Å². The topological polar surface area (TPSA) is 23.8 Å². The Morgan fingerprint density at radius 2 is 1.62 bits per heavy atom. The Bertz CT molecular complexity index is 387. The number of hydrogen-bond acceptors (Lipinski definition) is 2. The van der Waals surface area contributed by atoms with Gasteiger partial charge in [-0.1, -0.05) is 41.5 Å². The maximum atomic E-state index is 9.16. The predicted octanol–water partition coefficient (Wildman–Crippen LogP) is 3.92. The fourth-order valence-corrected chi connectivity index (χ4v) is 9.51. The van der Waals surface area contributed by atoms with E-state index < -0.39 is 8.80 Å². The van der Waals surface area contributed by atoms with Crippen molar-refractivity contribution in [1.82, 2.24) is 0 Å². The van der Waals surface area contributed by atoms with Gasteiger partial charge >= 0.3 is 0 Å². The van der Waals surface area contributed by atoms with E-state index in [1.807, 2.05) is 6.07 Å². The Morgan fingerprint density at radius 1 is 1.12 bits per heavy atom. The third-order valence-corrected chi connectivity index (χ3v) is 7.93. The van der Waals surface area contributed by atoms with Crippen LogP contribution in [-0.2, 0) is 0 Å². The van der Waals surface area contributed by atoms with Crippen molar-refractivity contribution in [2.75, 3.05) is 0 Å². The van der Waals surface area contributed by atoms with Gasteiger partial charge in [0.2, 0.25) is 0 Å². The number of rotatable bonds is 1. The minimum atomic E-state index is -0.756. The largest absolute Gasteiger partial charge is 0.192 e. The quantitative estimate of drug-likeness (QED) is 0.693. The molecule has 0 aliphatic rings. The summed E-state index contributed by atoms with van der Waals surface area (Å²) >= 11 is 1.76. The molecule has 1 radical (unpaired) electrons. The number of thiophene rings is 1. The second kappa shape index (κ2) is 4.35. The van der Waals surface area contributed by atoms with Crippen molar-refractivity contribution in [2.45, 2.75) is 51.6 Å². The molecule has 0 N–H and O–H groups in total. The van der Waals surface area contributed by atoms with Gasteiger partial charge in [-0.3, -0.25) is 0 Å². The number of nitrogens with zero attached hydrogens (tertiary/aromatic N) is 1. The lowest BCUT2D eigenvalue weighted by Crippen LogP contribution is -2.45. The van der Waals surface area contributed by atoms with Crippen molar-refractivity contribution in [1.29, 1.82) is 5.26 Å². The van der Waals surface area contributed by atoms with E-state index in [0.29, 0.717) is 0 Å². The SMILES string of the molecule is CC(C)(C)[Si](c1sccc1C#N)C(C)(C)C. The molecule has 0 aromatic carbocycles. The first-order valence-corrected chi connectivity index (χ1v) is 7.92. The first-order chi connectivity index (χ1) is 7.18. The molecule has 0 aliphatic carbocycles. The maximum Gasteiger partial charge on any atom is 0.112 e. The lowest BCUT2D eigenvalue weighted by molar-refractivity contribution is 0.654. The van der Waals surface area contributed by atoms with Gasteiger partial charge in [-0.05, 0) is 21.5 Å². The van der Waals surface area contributed by atoms with Gasteiger partial charge < -0.3 is 0 Å². The van der Waals surface area contributed by atoms with E-state index in [-0.39, 0.29) is 10.1 Å². The summed E-state index contributed by atoms with van der Waals surface area (Å²) in [4.78, 5) is 0. The third-order valence-electron chi connectivity index (χ3n) is 2.51. The molecule has 1 heterocycles. The molecule has 87 valence electrons. The standard InChI is InChI=1S/C13H20NSSi/c1-12(2,3)16(13(4,5)6)11-10(9-14)7-8-15-11/h7-8H,1-6H3. The third kappa shape index (κ3) is 2.75. The van der Waals surface area contributed by atoms with Gasteiger partial charge in [0, 0.05) is 4.50 Å². The van der Waals surface area contributed by atoms with E-state index in [9.17, 15) is 0 Å². The van der Waals surface area contributed by atoms with Crippen LogP contribution >= 0.6 is 11.3 Å². The van der Waals surface area contributed by atoms with E-state index in [4.69, 9.17) is 5.26 Å². The van der Waals surface area contributed by atoms with Gasteiger partial charge in [0.1, 0.15) is 8.80 Å². The highest BCUT2D eigenvalue weighted by molar-refractivity contribution is 7.23. The van der Waals surface area contributed by atoms with Crippen molar-refractivity contribution >= 4 is 24.6 Å². The van der Waals surface area contributed by atoms with Gasteiger partial charge in [-0.15, -0.1) is 0 Å². The van der Waals surface area contributed by atoms with Crippen molar-refractivity contribution in [3.05, 3.63) is 17.0 Å². The molecule has 0 amide bonds. The summed E-state index contributed by atoms with van der Waals surface area (Å²) in [6, 6.07) is 4.30. The van der Waals surface area contributed by atoms with Crippen LogP contribution in [0, 0.1) is 11.3 Å². The highest BCUT2D eigenvalue weighted by atomic mass is 32.1. The van der Waals surface area contributed by atoms with Gasteiger partial charge in [0.15, 0.2) is 0 Å². The number of nitriles is 1. The second-order valence-electron chi connectivity index (χ2n) is 6.15. The Kier molecular flexibility index (Phi) is 3.66. The van der Waals surface area contributed by atoms with E-state index >= 15 is 0 Å². The molecule has 16 heavy (non-hydrogen) atoms. The summed E-state index contributed by atoms with van der Waals surface area (Å²) in [5, 5.41) is 11.8. The van der Waals surface area contributed by atoms with Crippen LogP contribution in [0.25, 0.3) is 0 Å². The molecule has 3 heteroatoms. The van der Waals surface area contributed by atoms with Crippen molar-refractivity contribution in [3.8, 4) is 6.07 Å². The van der Waals surface area contributed by atoms with Crippen molar-refractivity contribution < 1.29 is 0 Å². The first-order valence-electron chi connectivity index (χ1n) is 5.54. The lowest BCUT2D eigenvalue weighted by Gasteiger charge is -2.38. The molecule has 0 atom stereocenters. The normalized spacial score (nSPS) is 12.9. The van der Waals surface area contributed by atoms with Crippen LogP contribution in [0.5, 0.6) is 0 Å². The van der Waals surface area contributed by atoms with E-state index in [0.717, 1.165) is 5.56 Å². The second-order valence-corrected chi connectivity index (χ2v) is 11.7. The van der Waals surface area contributed by atoms with E-state index in [1.165, 1.54) is 4.50 Å². The van der Waals surface area contributed by atoms with Gasteiger partial charge in [-0.25, -0.2) is 0 Å². The van der Waals surface area contributed by atoms with E-state index in [2.05, 4.69) is 53.0 Å². The smallest absolute Gasteiger partial charge is 0.112 e. The van der Waals surface area contributed by atoms with Crippen LogP contribution in [0.15, 0.2) is 11.4 Å². The molecular formula is C13H20NSSi. The van der Waals surface area contributed by atoms with Crippen LogP contribution in [0.4, 0.5) is 0 Å². The monoisotopic (exact) mass is 250 g/mol. The highest BCUT2D eigenvalue weighted by Crippen LogP contribution is 2.42. The van der Waals surface area contributed by atoms with Crippen LogP contribution < -0.4 is 4.50 Å². The molecule has 1 nitrogen and oxygen atoms in total. The minimum absolute atomic E-state index is 0.277. The average Bonchev–Trinajstić information content (AvgIpc) is 2.46. The summed E-state index contributed by atoms with van der Waals surface area (Å²) in [6.07, 6.45) is 0.